The van der Waals surface area contributed by atoms with Crippen LogP contribution in [0, 0.1) is 0 Å². The molecule has 3 rings (SSSR count). The highest BCUT2D eigenvalue weighted by Crippen LogP contribution is 2.34. The lowest BCUT2D eigenvalue weighted by Gasteiger charge is -2.19. The molecule has 2 aromatic rings. The summed E-state index contributed by atoms with van der Waals surface area (Å²) in [5, 5.41) is 3.55. The first-order valence-corrected chi connectivity index (χ1v) is 7.53. The number of nitrogens with one attached hydrogen (secondary N) is 1. The second kappa shape index (κ2) is 6.68. The maximum absolute atomic E-state index is 5.78. The predicted octanol–water partition coefficient (Wildman–Crippen LogP) is 3.53. The Balaban J connectivity index is 1.90. The van der Waals surface area contributed by atoms with Crippen molar-refractivity contribution in [3.05, 3.63) is 47.9 Å². The molecule has 0 radical (unpaired) electrons. The molecule has 0 spiro atoms. The van der Waals surface area contributed by atoms with Crippen LogP contribution in [0.5, 0.6) is 11.5 Å². The van der Waals surface area contributed by atoms with Crippen molar-refractivity contribution < 1.29 is 13.9 Å². The van der Waals surface area contributed by atoms with Gasteiger partial charge in [0.1, 0.15) is 0 Å². The average Bonchev–Trinajstić information content (AvgIpc) is 2.93. The van der Waals surface area contributed by atoms with E-state index >= 15 is 0 Å². The van der Waals surface area contributed by atoms with Crippen molar-refractivity contribution >= 4 is 0 Å². The van der Waals surface area contributed by atoms with Crippen LogP contribution >= 0.6 is 0 Å². The summed E-state index contributed by atoms with van der Waals surface area (Å²) >= 11 is 0. The molecule has 1 aromatic carbocycles. The Kier molecular flexibility index (Phi) is 4.46. The lowest BCUT2D eigenvalue weighted by atomic mass is 10.0. The molecule has 1 aliphatic heterocycles. The van der Waals surface area contributed by atoms with E-state index in [9.17, 15) is 0 Å². The number of benzene rings is 1. The highest BCUT2D eigenvalue weighted by Gasteiger charge is 2.18. The van der Waals surface area contributed by atoms with Crippen LogP contribution in [-0.2, 0) is 0 Å². The molecule has 1 unspecified atom stereocenters. The van der Waals surface area contributed by atoms with E-state index in [0.717, 1.165) is 42.0 Å². The quantitative estimate of drug-likeness (QED) is 0.913. The molecule has 21 heavy (non-hydrogen) atoms. The van der Waals surface area contributed by atoms with Crippen LogP contribution in [-0.4, -0.2) is 19.8 Å². The summed E-state index contributed by atoms with van der Waals surface area (Å²) in [5.41, 5.74) is 2.28. The molecule has 0 saturated carbocycles. The van der Waals surface area contributed by atoms with Gasteiger partial charge in [0, 0.05) is 12.0 Å². The molecular weight excluding hydrogens is 266 g/mol. The van der Waals surface area contributed by atoms with Crippen molar-refractivity contribution in [2.45, 2.75) is 25.8 Å². The summed E-state index contributed by atoms with van der Waals surface area (Å²) < 4.78 is 16.7. The Morgan fingerprint density at radius 1 is 1.10 bits per heavy atom. The fourth-order valence-electron chi connectivity index (χ4n) is 2.52. The topological polar surface area (TPSA) is 43.6 Å². The molecule has 1 aromatic heterocycles. The van der Waals surface area contributed by atoms with Gasteiger partial charge in [-0.25, -0.2) is 0 Å². The summed E-state index contributed by atoms with van der Waals surface area (Å²) in [7, 11) is 0. The molecule has 112 valence electrons. The summed E-state index contributed by atoms with van der Waals surface area (Å²) in [5.74, 6) is 1.66. The molecular formula is C17H21NO3. The molecule has 0 fully saturated rings. The van der Waals surface area contributed by atoms with Gasteiger partial charge in [0.15, 0.2) is 11.5 Å². The number of ether oxygens (including phenoxy) is 2. The monoisotopic (exact) mass is 287 g/mol. The lowest BCUT2D eigenvalue weighted by molar-refractivity contribution is 0.297. The Hall–Kier alpha value is -1.94. The SMILES string of the molecule is CCCNC(c1ccoc1)c1ccc2c(c1)OCCCO2. The first kappa shape index (κ1) is 14.0. The number of furan rings is 1. The zero-order valence-electron chi connectivity index (χ0n) is 12.3. The van der Waals surface area contributed by atoms with E-state index in [1.165, 1.54) is 0 Å². The van der Waals surface area contributed by atoms with Gasteiger partial charge in [0.25, 0.3) is 0 Å². The summed E-state index contributed by atoms with van der Waals surface area (Å²) in [6, 6.07) is 8.27. The van der Waals surface area contributed by atoms with Gasteiger partial charge in [-0.1, -0.05) is 13.0 Å². The molecule has 4 heteroatoms. The molecule has 0 amide bonds. The molecule has 0 saturated heterocycles. The zero-order chi connectivity index (χ0) is 14.5. The Bertz CT molecular complexity index is 565. The second-order valence-electron chi connectivity index (χ2n) is 5.20. The molecule has 4 nitrogen and oxygen atoms in total. The Morgan fingerprint density at radius 3 is 2.71 bits per heavy atom. The van der Waals surface area contributed by atoms with Crippen LogP contribution in [0.25, 0.3) is 0 Å². The van der Waals surface area contributed by atoms with Crippen molar-refractivity contribution in [2.75, 3.05) is 19.8 Å². The Labute approximate surface area is 125 Å². The number of rotatable bonds is 5. The van der Waals surface area contributed by atoms with Gasteiger partial charge in [-0.3, -0.25) is 0 Å². The molecule has 0 aliphatic carbocycles. The van der Waals surface area contributed by atoms with Crippen molar-refractivity contribution in [1.29, 1.82) is 0 Å². The van der Waals surface area contributed by atoms with Crippen molar-refractivity contribution in [1.82, 2.24) is 5.32 Å². The van der Waals surface area contributed by atoms with E-state index in [2.05, 4.69) is 24.4 Å². The average molecular weight is 287 g/mol. The fourth-order valence-corrected chi connectivity index (χ4v) is 2.52. The number of hydrogen-bond acceptors (Lipinski definition) is 4. The maximum Gasteiger partial charge on any atom is 0.161 e. The summed E-state index contributed by atoms with van der Waals surface area (Å²) in [6.07, 6.45) is 5.50. The summed E-state index contributed by atoms with van der Waals surface area (Å²) in [4.78, 5) is 0. The minimum Gasteiger partial charge on any atom is -0.490 e. The zero-order valence-corrected chi connectivity index (χ0v) is 12.3. The van der Waals surface area contributed by atoms with Gasteiger partial charge in [-0.2, -0.15) is 0 Å². The molecule has 1 N–H and O–H groups in total. The molecule has 2 heterocycles. The van der Waals surface area contributed by atoms with Crippen LogP contribution in [0.1, 0.15) is 36.9 Å². The predicted molar refractivity (Wildman–Crippen MR) is 80.9 cm³/mol. The van der Waals surface area contributed by atoms with E-state index in [4.69, 9.17) is 13.9 Å². The van der Waals surface area contributed by atoms with Crippen LogP contribution in [0.15, 0.2) is 41.2 Å². The first-order valence-electron chi connectivity index (χ1n) is 7.53. The van der Waals surface area contributed by atoms with Crippen molar-refractivity contribution in [3.63, 3.8) is 0 Å². The van der Waals surface area contributed by atoms with Gasteiger partial charge >= 0.3 is 0 Å². The van der Waals surface area contributed by atoms with E-state index in [1.807, 2.05) is 12.1 Å². The fraction of sp³-hybridized carbons (Fsp3) is 0.412. The minimum absolute atomic E-state index is 0.112. The third-order valence-corrected chi connectivity index (χ3v) is 3.58. The van der Waals surface area contributed by atoms with Gasteiger partial charge < -0.3 is 19.2 Å². The minimum atomic E-state index is 0.112. The standard InChI is InChI=1S/C17H21NO3/c1-2-7-18-17(14-6-10-19-12-14)13-4-5-15-16(11-13)21-9-3-8-20-15/h4-6,10-12,17-18H,2-3,7-9H2,1H3. The van der Waals surface area contributed by atoms with Crippen molar-refractivity contribution in [2.24, 2.45) is 0 Å². The highest BCUT2D eigenvalue weighted by molar-refractivity contribution is 5.46. The van der Waals surface area contributed by atoms with Gasteiger partial charge in [-0.15, -0.1) is 0 Å². The van der Waals surface area contributed by atoms with Gasteiger partial charge in [0.05, 0.1) is 31.8 Å². The van der Waals surface area contributed by atoms with Crippen LogP contribution in [0.3, 0.4) is 0 Å². The van der Waals surface area contributed by atoms with E-state index in [-0.39, 0.29) is 6.04 Å². The van der Waals surface area contributed by atoms with E-state index in [0.29, 0.717) is 13.2 Å². The van der Waals surface area contributed by atoms with Crippen LogP contribution in [0.2, 0.25) is 0 Å². The Morgan fingerprint density at radius 2 is 1.95 bits per heavy atom. The van der Waals surface area contributed by atoms with E-state index < -0.39 is 0 Å². The third kappa shape index (κ3) is 3.22. The van der Waals surface area contributed by atoms with Crippen LogP contribution in [0.4, 0.5) is 0 Å². The molecule has 1 aliphatic rings. The normalized spacial score (nSPS) is 15.5. The van der Waals surface area contributed by atoms with Gasteiger partial charge in [-0.05, 0) is 36.7 Å². The van der Waals surface area contributed by atoms with Crippen LogP contribution < -0.4 is 14.8 Å². The maximum atomic E-state index is 5.78. The number of hydrogen-bond donors (Lipinski definition) is 1. The largest absolute Gasteiger partial charge is 0.490 e. The lowest BCUT2D eigenvalue weighted by Crippen LogP contribution is -2.22. The molecule has 0 bridgehead atoms. The van der Waals surface area contributed by atoms with E-state index in [1.54, 1.807) is 12.5 Å². The molecule has 1 atom stereocenters. The number of fused-ring (bicyclic) bond motifs is 1. The smallest absolute Gasteiger partial charge is 0.161 e. The first-order chi connectivity index (χ1) is 10.4. The highest BCUT2D eigenvalue weighted by atomic mass is 16.5. The van der Waals surface area contributed by atoms with Gasteiger partial charge in [0.2, 0.25) is 0 Å². The second-order valence-corrected chi connectivity index (χ2v) is 5.20. The third-order valence-electron chi connectivity index (χ3n) is 3.58. The summed E-state index contributed by atoms with van der Waals surface area (Å²) in [6.45, 7) is 4.53. The van der Waals surface area contributed by atoms with Crippen molar-refractivity contribution in [3.8, 4) is 11.5 Å².